The Morgan fingerprint density at radius 1 is 0.919 bits per heavy atom. The minimum absolute atomic E-state index is 0.0527. The van der Waals surface area contributed by atoms with Gasteiger partial charge in [-0.1, -0.05) is 6.92 Å². The van der Waals surface area contributed by atoms with Crippen LogP contribution in [0.25, 0.3) is 22.2 Å². The molecule has 16 nitrogen and oxygen atoms in total. The molecule has 9 rings (SSSR count). The molecule has 3 aromatic heterocycles. The Morgan fingerprint density at radius 2 is 1.65 bits per heavy atom. The lowest BCUT2D eigenvalue weighted by molar-refractivity contribution is -0.133. The predicted molar refractivity (Wildman–Crippen MR) is 225 cm³/mol. The highest BCUT2D eigenvalue weighted by molar-refractivity contribution is 7.90. The Balaban J connectivity index is 0.786. The highest BCUT2D eigenvalue weighted by Crippen LogP contribution is 2.43. The number of nitrogens with one attached hydrogen (secondary N) is 4. The fourth-order valence-electron chi connectivity index (χ4n) is 8.88. The van der Waals surface area contributed by atoms with E-state index in [1.54, 1.807) is 43.7 Å². The van der Waals surface area contributed by atoms with E-state index in [9.17, 15) is 22.8 Å². The molecule has 5 aromatic rings. The zero-order valence-electron chi connectivity index (χ0n) is 33.9. The summed E-state index contributed by atoms with van der Waals surface area (Å²) in [4.78, 5) is 60.4. The van der Waals surface area contributed by atoms with Crippen LogP contribution in [0.4, 0.5) is 36.2 Å². The second-order valence-electron chi connectivity index (χ2n) is 16.5. The molecule has 0 aliphatic carbocycles. The van der Waals surface area contributed by atoms with Crippen molar-refractivity contribution in [3.8, 4) is 11.1 Å². The van der Waals surface area contributed by atoms with Crippen molar-refractivity contribution in [2.45, 2.75) is 44.7 Å². The Morgan fingerprint density at radius 3 is 2.34 bits per heavy atom. The number of fused-ring (bicyclic) bond motifs is 1. The molecule has 4 fully saturated rings. The fourth-order valence-corrected chi connectivity index (χ4v) is 9.81. The molecule has 0 radical (unpaired) electrons. The number of aromatic nitrogens is 4. The van der Waals surface area contributed by atoms with E-state index in [1.165, 1.54) is 19.3 Å². The number of rotatable bonds is 12. The number of carbonyl (C=O) groups is 3. The SMILES string of the molecule is CCN(C)S(=O)(=O)Nc1ccc(F)c(C(=O)c2c[nH]c3ncc(-c4cnc(N5CC6(C5)CN(C5CCN(c7ccc(NC8CCC(=O)NC8=O)cc7F)CC5)C6)nc4)cc23)c1F. The first kappa shape index (κ1) is 41.2. The van der Waals surface area contributed by atoms with Crippen LogP contribution in [0.2, 0.25) is 0 Å². The van der Waals surface area contributed by atoms with E-state index in [0.717, 1.165) is 68.5 Å². The van der Waals surface area contributed by atoms with Crippen LogP contribution in [0.1, 0.15) is 48.5 Å². The standard InChI is InChI=1S/C42H44F3N11O5S/c1-3-53(2)62(60,61)52-32-6-5-30(43)36(37(32)45)38(58)29-19-47-39-28(29)14-24(16-46-39)25-17-48-41(49-18-25)56-22-42(23-56)20-55(21-42)27-10-12-54(13-11-27)34-8-4-26(15-31(34)44)50-33-7-9-35(57)51-40(33)59/h4-6,8,14-19,27,33,50,52H,3,7,9-13,20-23H2,1-2H3,(H,46,47)(H,51,57,59). The molecule has 2 amide bonds. The van der Waals surface area contributed by atoms with Gasteiger partial charge in [0.25, 0.3) is 0 Å². The van der Waals surface area contributed by atoms with Crippen LogP contribution in [-0.2, 0) is 19.8 Å². The maximum absolute atomic E-state index is 15.6. The van der Waals surface area contributed by atoms with E-state index in [-0.39, 0.29) is 35.7 Å². The number of aromatic amines is 1. The van der Waals surface area contributed by atoms with Gasteiger partial charge in [0.05, 0.1) is 16.9 Å². The molecular weight excluding hydrogens is 828 g/mol. The second kappa shape index (κ2) is 16.0. The van der Waals surface area contributed by atoms with Gasteiger partial charge in [0.1, 0.15) is 23.3 Å². The number of nitrogens with zero attached hydrogens (tertiary/aromatic N) is 7. The van der Waals surface area contributed by atoms with Crippen molar-refractivity contribution in [2.24, 2.45) is 5.41 Å². The van der Waals surface area contributed by atoms with Gasteiger partial charge in [0, 0.05) is 123 Å². The average Bonchev–Trinajstić information content (AvgIpc) is 3.66. The highest BCUT2D eigenvalue weighted by Gasteiger charge is 2.54. The third kappa shape index (κ3) is 7.70. The Kier molecular flexibility index (Phi) is 10.6. The van der Waals surface area contributed by atoms with Crippen molar-refractivity contribution in [1.29, 1.82) is 0 Å². The first-order valence-electron chi connectivity index (χ1n) is 20.4. The van der Waals surface area contributed by atoms with Gasteiger partial charge < -0.3 is 20.1 Å². The highest BCUT2D eigenvalue weighted by atomic mass is 32.2. The molecule has 20 heteroatoms. The average molecular weight is 872 g/mol. The Labute approximate surface area is 355 Å². The zero-order chi connectivity index (χ0) is 43.5. The third-order valence-corrected chi connectivity index (χ3v) is 14.0. The van der Waals surface area contributed by atoms with Crippen molar-refractivity contribution in [3.05, 3.63) is 89.8 Å². The summed E-state index contributed by atoms with van der Waals surface area (Å²) in [6.45, 7) is 6.73. The molecular formula is C42H44F3N11O5S. The predicted octanol–water partition coefficient (Wildman–Crippen LogP) is 4.28. The van der Waals surface area contributed by atoms with Crippen molar-refractivity contribution in [1.82, 2.24) is 34.5 Å². The summed E-state index contributed by atoms with van der Waals surface area (Å²) < 4.78 is 74.0. The molecule has 1 unspecified atom stereocenters. The Hall–Kier alpha value is -6.12. The molecule has 1 spiro atoms. The number of amides is 2. The number of hydrogen-bond acceptors (Lipinski definition) is 12. The number of carbonyl (C=O) groups excluding carboxylic acids is 3. The second-order valence-corrected chi connectivity index (χ2v) is 18.3. The molecule has 4 aliphatic heterocycles. The summed E-state index contributed by atoms with van der Waals surface area (Å²) in [5, 5.41) is 5.65. The van der Waals surface area contributed by atoms with Gasteiger partial charge in [-0.2, -0.15) is 12.7 Å². The fraction of sp³-hybridized carbons (Fsp3) is 0.381. The van der Waals surface area contributed by atoms with Crippen molar-refractivity contribution in [3.63, 3.8) is 0 Å². The molecule has 4 saturated heterocycles. The molecule has 0 saturated carbocycles. The summed E-state index contributed by atoms with van der Waals surface area (Å²) in [5.74, 6) is -3.94. The van der Waals surface area contributed by atoms with Crippen molar-refractivity contribution in [2.75, 3.05) is 72.7 Å². The van der Waals surface area contributed by atoms with Crippen LogP contribution >= 0.6 is 0 Å². The van der Waals surface area contributed by atoms with Gasteiger partial charge >= 0.3 is 10.2 Å². The van der Waals surface area contributed by atoms with Gasteiger partial charge in [-0.3, -0.25) is 29.3 Å². The summed E-state index contributed by atoms with van der Waals surface area (Å²) in [6, 6.07) is 8.19. The summed E-state index contributed by atoms with van der Waals surface area (Å²) in [7, 11) is -2.85. The molecule has 4 aliphatic rings. The quantitative estimate of drug-likeness (QED) is 0.103. The number of pyridine rings is 1. The summed E-state index contributed by atoms with van der Waals surface area (Å²) in [5.41, 5.74) is 1.18. The molecule has 62 heavy (non-hydrogen) atoms. The van der Waals surface area contributed by atoms with Gasteiger partial charge in [0.2, 0.25) is 23.5 Å². The van der Waals surface area contributed by atoms with E-state index in [2.05, 4.69) is 50.0 Å². The zero-order valence-corrected chi connectivity index (χ0v) is 34.7. The number of hydrogen-bond donors (Lipinski definition) is 4. The number of ketones is 1. The van der Waals surface area contributed by atoms with Gasteiger partial charge in [-0.25, -0.2) is 28.1 Å². The molecule has 324 valence electrons. The van der Waals surface area contributed by atoms with Gasteiger partial charge in [0.15, 0.2) is 5.82 Å². The first-order chi connectivity index (χ1) is 29.7. The lowest BCUT2D eigenvalue weighted by atomic mass is 9.71. The van der Waals surface area contributed by atoms with E-state index >= 15 is 13.2 Å². The van der Waals surface area contributed by atoms with Gasteiger partial charge in [-0.15, -0.1) is 0 Å². The topological polar surface area (TPSA) is 189 Å². The molecule has 7 heterocycles. The number of imide groups is 1. The number of piperidine rings is 2. The van der Waals surface area contributed by atoms with Gasteiger partial charge in [-0.05, 0) is 55.7 Å². The smallest absolute Gasteiger partial charge is 0.301 e. The lowest BCUT2D eigenvalue weighted by Crippen LogP contribution is -2.74. The summed E-state index contributed by atoms with van der Waals surface area (Å²) >= 11 is 0. The molecule has 4 N–H and O–H groups in total. The number of anilines is 4. The van der Waals surface area contributed by atoms with E-state index in [1.807, 2.05) is 0 Å². The van der Waals surface area contributed by atoms with Crippen LogP contribution in [-0.4, -0.2) is 120 Å². The number of halogens is 3. The van der Waals surface area contributed by atoms with Crippen molar-refractivity contribution >= 4 is 61.9 Å². The monoisotopic (exact) mass is 871 g/mol. The Bertz CT molecular complexity index is 2700. The first-order valence-corrected chi connectivity index (χ1v) is 21.8. The minimum atomic E-state index is -4.15. The van der Waals surface area contributed by atoms with E-state index in [0.29, 0.717) is 51.9 Å². The minimum Gasteiger partial charge on any atom is -0.374 e. The lowest BCUT2D eigenvalue weighted by Gasteiger charge is -2.62. The van der Waals surface area contributed by atoms with E-state index in [4.69, 9.17) is 0 Å². The van der Waals surface area contributed by atoms with Crippen LogP contribution in [0.3, 0.4) is 0 Å². The summed E-state index contributed by atoms with van der Waals surface area (Å²) in [6.07, 6.45) is 8.66. The number of H-pyrrole nitrogens is 1. The van der Waals surface area contributed by atoms with Crippen LogP contribution in [0.15, 0.2) is 61.2 Å². The molecule has 1 atom stereocenters. The molecule has 0 bridgehead atoms. The van der Waals surface area contributed by atoms with Crippen LogP contribution in [0.5, 0.6) is 0 Å². The van der Waals surface area contributed by atoms with E-state index < -0.39 is 50.8 Å². The largest absolute Gasteiger partial charge is 0.374 e. The normalized spacial score (nSPS) is 19.4. The number of likely N-dealkylation sites (tertiary alicyclic amines) is 1. The van der Waals surface area contributed by atoms with Crippen LogP contribution < -0.4 is 25.2 Å². The maximum Gasteiger partial charge on any atom is 0.301 e. The third-order valence-electron chi connectivity index (χ3n) is 12.4. The van der Waals surface area contributed by atoms with Crippen LogP contribution in [0, 0.1) is 22.9 Å². The van der Waals surface area contributed by atoms with Crippen molar-refractivity contribution < 1.29 is 36.0 Å². The molecule has 2 aromatic carbocycles. The maximum atomic E-state index is 15.6. The number of benzene rings is 2.